The number of nitrogens with one attached hydrogen (secondary N) is 1. The van der Waals surface area contributed by atoms with E-state index in [1.165, 1.54) is 0 Å². The summed E-state index contributed by atoms with van der Waals surface area (Å²) >= 11 is 0. The lowest BCUT2D eigenvalue weighted by atomic mass is 9.76. The number of aliphatic carboxylic acids is 1. The zero-order valence-electron chi connectivity index (χ0n) is 10.4. The summed E-state index contributed by atoms with van der Waals surface area (Å²) in [5, 5.41) is 15.4. The molecule has 1 heterocycles. The minimum Gasteiger partial charge on any atom is -0.480 e. The maximum absolute atomic E-state index is 11.9. The molecule has 98 valence electrons. The normalized spacial score (nSPS) is 17.3. The molecule has 1 aromatic rings. The van der Waals surface area contributed by atoms with Gasteiger partial charge >= 0.3 is 5.97 Å². The molecule has 1 aromatic heterocycles. The van der Waals surface area contributed by atoms with Crippen LogP contribution in [0.15, 0.2) is 10.6 Å². The Morgan fingerprint density at radius 1 is 1.50 bits per heavy atom. The molecular weight excluding hydrogens is 236 g/mol. The molecule has 0 radical (unpaired) electrons. The van der Waals surface area contributed by atoms with Gasteiger partial charge in [-0.25, -0.2) is 4.79 Å². The molecule has 6 nitrogen and oxygen atoms in total. The van der Waals surface area contributed by atoms with Crippen molar-refractivity contribution >= 4 is 11.9 Å². The Morgan fingerprint density at radius 2 is 2.17 bits per heavy atom. The van der Waals surface area contributed by atoms with Gasteiger partial charge in [0.05, 0.1) is 5.69 Å². The average molecular weight is 252 g/mol. The first-order chi connectivity index (χ1) is 8.44. The van der Waals surface area contributed by atoms with Crippen molar-refractivity contribution in [3.05, 3.63) is 17.5 Å². The number of hydrogen-bond donors (Lipinski definition) is 2. The van der Waals surface area contributed by atoms with Crippen LogP contribution < -0.4 is 5.32 Å². The van der Waals surface area contributed by atoms with E-state index in [4.69, 9.17) is 9.63 Å². The van der Waals surface area contributed by atoms with E-state index in [2.05, 4.69) is 10.5 Å². The van der Waals surface area contributed by atoms with Gasteiger partial charge in [-0.3, -0.25) is 4.79 Å². The molecule has 18 heavy (non-hydrogen) atoms. The molecule has 0 unspecified atom stereocenters. The summed E-state index contributed by atoms with van der Waals surface area (Å²) < 4.78 is 4.93. The maximum atomic E-state index is 11.9. The molecule has 0 saturated heterocycles. The molecule has 0 atom stereocenters. The summed E-state index contributed by atoms with van der Waals surface area (Å²) in [6.07, 6.45) is 1.72. The number of carboxylic acid groups (broad SMARTS) is 1. The first kappa shape index (κ1) is 12.6. The number of amides is 1. The van der Waals surface area contributed by atoms with Crippen LogP contribution in [0.1, 0.15) is 55.3 Å². The Morgan fingerprint density at radius 3 is 2.56 bits per heavy atom. The zero-order valence-corrected chi connectivity index (χ0v) is 10.4. The Bertz CT molecular complexity index is 474. The second-order valence-electron chi connectivity index (χ2n) is 4.97. The van der Waals surface area contributed by atoms with Crippen LogP contribution in [-0.2, 0) is 4.79 Å². The number of carboxylic acids is 1. The van der Waals surface area contributed by atoms with Crippen LogP contribution in [0.4, 0.5) is 0 Å². The summed E-state index contributed by atoms with van der Waals surface area (Å²) in [5.74, 6) is -1.29. The number of rotatable bonds is 4. The highest BCUT2D eigenvalue weighted by Crippen LogP contribution is 2.32. The molecule has 1 aliphatic carbocycles. The minimum atomic E-state index is -1.12. The van der Waals surface area contributed by atoms with Crippen LogP contribution in [0.25, 0.3) is 0 Å². The predicted molar refractivity (Wildman–Crippen MR) is 62.3 cm³/mol. The summed E-state index contributed by atoms with van der Waals surface area (Å²) in [6, 6.07) is 1.55. The third-order valence-electron chi connectivity index (χ3n) is 3.31. The number of hydrogen-bond acceptors (Lipinski definition) is 4. The van der Waals surface area contributed by atoms with Crippen molar-refractivity contribution in [1.29, 1.82) is 0 Å². The second kappa shape index (κ2) is 4.44. The van der Waals surface area contributed by atoms with Gasteiger partial charge in [0.25, 0.3) is 5.91 Å². The van der Waals surface area contributed by atoms with E-state index >= 15 is 0 Å². The second-order valence-corrected chi connectivity index (χ2v) is 4.97. The lowest BCUT2D eigenvalue weighted by Crippen LogP contribution is -2.59. The van der Waals surface area contributed by atoms with Crippen LogP contribution in [0.3, 0.4) is 0 Å². The number of nitrogens with zero attached hydrogens (tertiary/aromatic N) is 1. The zero-order chi connectivity index (χ0) is 13.3. The maximum Gasteiger partial charge on any atom is 0.329 e. The minimum absolute atomic E-state index is 0.0613. The molecular formula is C12H16N2O4. The van der Waals surface area contributed by atoms with Gasteiger partial charge in [-0.05, 0) is 25.2 Å². The van der Waals surface area contributed by atoms with E-state index in [9.17, 15) is 9.59 Å². The molecule has 6 heteroatoms. The van der Waals surface area contributed by atoms with Crippen molar-refractivity contribution in [3.8, 4) is 0 Å². The van der Waals surface area contributed by atoms with Crippen LogP contribution >= 0.6 is 0 Å². The van der Waals surface area contributed by atoms with Crippen molar-refractivity contribution in [2.24, 2.45) is 0 Å². The van der Waals surface area contributed by atoms with E-state index in [1.54, 1.807) is 6.07 Å². The van der Waals surface area contributed by atoms with Crippen molar-refractivity contribution in [2.75, 3.05) is 0 Å². The Balaban J connectivity index is 2.09. The predicted octanol–water partition coefficient (Wildman–Crippen LogP) is 1.54. The van der Waals surface area contributed by atoms with E-state index in [1.807, 2.05) is 13.8 Å². The van der Waals surface area contributed by atoms with Crippen LogP contribution in [-0.4, -0.2) is 27.7 Å². The third-order valence-corrected chi connectivity index (χ3v) is 3.31. The molecule has 1 saturated carbocycles. The number of carbonyl (C=O) groups is 2. The van der Waals surface area contributed by atoms with Crippen LogP contribution in [0.2, 0.25) is 0 Å². The van der Waals surface area contributed by atoms with Crippen molar-refractivity contribution in [1.82, 2.24) is 10.5 Å². The van der Waals surface area contributed by atoms with Gasteiger partial charge in [0.1, 0.15) is 5.54 Å². The van der Waals surface area contributed by atoms with E-state index in [0.717, 1.165) is 6.42 Å². The highest BCUT2D eigenvalue weighted by Gasteiger charge is 2.46. The largest absolute Gasteiger partial charge is 0.480 e. The molecule has 0 bridgehead atoms. The lowest BCUT2D eigenvalue weighted by Gasteiger charge is -2.37. The van der Waals surface area contributed by atoms with Gasteiger partial charge in [-0.1, -0.05) is 19.0 Å². The molecule has 0 aromatic carbocycles. The summed E-state index contributed by atoms with van der Waals surface area (Å²) in [7, 11) is 0. The van der Waals surface area contributed by atoms with Gasteiger partial charge in [0.2, 0.25) is 5.76 Å². The number of aromatic nitrogens is 1. The smallest absolute Gasteiger partial charge is 0.329 e. The quantitative estimate of drug-likeness (QED) is 0.847. The van der Waals surface area contributed by atoms with Gasteiger partial charge in [0.15, 0.2) is 0 Å². The third kappa shape index (κ3) is 2.10. The van der Waals surface area contributed by atoms with Crippen LogP contribution in [0, 0.1) is 0 Å². The van der Waals surface area contributed by atoms with Crippen molar-refractivity contribution < 1.29 is 19.2 Å². The van der Waals surface area contributed by atoms with Gasteiger partial charge < -0.3 is 14.9 Å². The van der Waals surface area contributed by atoms with Crippen molar-refractivity contribution in [3.63, 3.8) is 0 Å². The summed E-state index contributed by atoms with van der Waals surface area (Å²) in [6.45, 7) is 3.87. The molecule has 0 spiro atoms. The van der Waals surface area contributed by atoms with E-state index < -0.39 is 17.4 Å². The first-order valence-corrected chi connectivity index (χ1v) is 5.97. The Hall–Kier alpha value is -1.85. The van der Waals surface area contributed by atoms with Gasteiger partial charge in [-0.15, -0.1) is 0 Å². The lowest BCUT2D eigenvalue weighted by molar-refractivity contribution is -0.148. The highest BCUT2D eigenvalue weighted by molar-refractivity contribution is 5.96. The molecule has 1 fully saturated rings. The van der Waals surface area contributed by atoms with Crippen molar-refractivity contribution in [2.45, 2.75) is 44.6 Å². The first-order valence-electron chi connectivity index (χ1n) is 5.97. The highest BCUT2D eigenvalue weighted by atomic mass is 16.5. The topological polar surface area (TPSA) is 92.4 Å². The Labute approximate surface area is 104 Å². The van der Waals surface area contributed by atoms with E-state index in [-0.39, 0.29) is 11.7 Å². The van der Waals surface area contributed by atoms with Gasteiger partial charge in [-0.2, -0.15) is 0 Å². The fourth-order valence-corrected chi connectivity index (χ4v) is 1.87. The molecule has 2 N–H and O–H groups in total. The standard InChI is InChI=1S/C12H16N2O4/c1-7(2)8-6-9(18-14-8)10(15)13-12(11(16)17)4-3-5-12/h6-7H,3-5H2,1-2H3,(H,13,15)(H,16,17). The fourth-order valence-electron chi connectivity index (χ4n) is 1.87. The Kier molecular flexibility index (Phi) is 3.11. The molecule has 0 aliphatic heterocycles. The molecule has 1 amide bonds. The van der Waals surface area contributed by atoms with Crippen LogP contribution in [0.5, 0.6) is 0 Å². The molecule has 2 rings (SSSR count). The monoisotopic (exact) mass is 252 g/mol. The summed E-state index contributed by atoms with van der Waals surface area (Å²) in [4.78, 5) is 23.0. The van der Waals surface area contributed by atoms with Gasteiger partial charge in [0, 0.05) is 6.07 Å². The fraction of sp³-hybridized carbons (Fsp3) is 0.583. The average Bonchev–Trinajstić information content (AvgIpc) is 2.71. The molecule has 1 aliphatic rings. The SMILES string of the molecule is CC(C)c1cc(C(=O)NC2(C(=O)O)CCC2)on1. The summed E-state index contributed by atoms with van der Waals surface area (Å²) in [5.41, 5.74) is -0.444. The van der Waals surface area contributed by atoms with E-state index in [0.29, 0.717) is 18.5 Å². The number of carbonyl (C=O) groups excluding carboxylic acids is 1.